The number of carbonyl (C=O) groups is 2. The number of esters is 2. The summed E-state index contributed by atoms with van der Waals surface area (Å²) in [7, 11) is 0. The Balaban J connectivity index is 1.36. The van der Waals surface area contributed by atoms with Crippen molar-refractivity contribution in [3.05, 3.63) is 83.9 Å². The van der Waals surface area contributed by atoms with E-state index in [4.69, 9.17) is 9.47 Å². The fraction of sp³-hybridized carbons (Fsp3) is 0.512. The van der Waals surface area contributed by atoms with E-state index >= 15 is 0 Å². The van der Waals surface area contributed by atoms with Gasteiger partial charge in [0, 0.05) is 0 Å². The lowest BCUT2D eigenvalue weighted by molar-refractivity contribution is -0.343. The van der Waals surface area contributed by atoms with Crippen molar-refractivity contribution in [1.29, 1.82) is 0 Å². The van der Waals surface area contributed by atoms with Crippen molar-refractivity contribution in [2.75, 3.05) is 13.2 Å². The van der Waals surface area contributed by atoms with Gasteiger partial charge in [0.2, 0.25) is 0 Å². The van der Waals surface area contributed by atoms with E-state index in [2.05, 4.69) is 11.7 Å². The molecule has 0 unspecified atom stereocenters. The van der Waals surface area contributed by atoms with Gasteiger partial charge in [0.25, 0.3) is 0 Å². The Kier molecular flexibility index (Phi) is 17.7. The molecule has 0 aliphatic heterocycles. The first-order valence-corrected chi connectivity index (χ1v) is 18.4. The molecule has 0 amide bonds. The number of hydrogen-bond donors (Lipinski definition) is 0. The van der Waals surface area contributed by atoms with Crippen LogP contribution in [-0.4, -0.2) is 49.3 Å². The minimum Gasteiger partial charge on any atom is -0.494 e. The van der Waals surface area contributed by atoms with Crippen molar-refractivity contribution in [3.8, 4) is 22.6 Å². The lowest BCUT2D eigenvalue weighted by Crippen LogP contribution is -2.59. The molecule has 0 saturated carbocycles. The molecule has 13 heteroatoms. The highest BCUT2D eigenvalue weighted by Gasteiger charge is 2.75. The normalized spacial score (nSPS) is 12.2. The van der Waals surface area contributed by atoms with Gasteiger partial charge in [0.1, 0.15) is 11.5 Å². The highest BCUT2D eigenvalue weighted by Crippen LogP contribution is 2.48. The van der Waals surface area contributed by atoms with Gasteiger partial charge in [-0.25, -0.2) is 18.4 Å². The van der Waals surface area contributed by atoms with Crippen LogP contribution in [0.3, 0.4) is 0 Å². The number of rotatable bonds is 25. The van der Waals surface area contributed by atoms with E-state index < -0.39 is 48.3 Å². The Bertz CT molecular complexity index is 1550. The minimum absolute atomic E-state index is 0.0845. The Morgan fingerprint density at radius 3 is 1.44 bits per heavy atom. The Morgan fingerprint density at radius 1 is 0.556 bits per heavy atom. The molecule has 298 valence electrons. The van der Waals surface area contributed by atoms with Crippen LogP contribution >= 0.6 is 0 Å². The molecule has 0 spiro atoms. The van der Waals surface area contributed by atoms with Crippen molar-refractivity contribution in [2.24, 2.45) is 0 Å². The van der Waals surface area contributed by atoms with Crippen LogP contribution in [0, 0.1) is 0 Å². The molecule has 0 aliphatic carbocycles. The van der Waals surface area contributed by atoms with Gasteiger partial charge < -0.3 is 14.2 Å². The van der Waals surface area contributed by atoms with E-state index in [1.165, 1.54) is 89.2 Å². The largest absolute Gasteiger partial charge is 0.494 e. The second-order valence-corrected chi connectivity index (χ2v) is 13.2. The molecule has 0 aliphatic rings. The molecular weight excluding hydrogens is 724 g/mol. The fourth-order valence-corrected chi connectivity index (χ4v) is 5.57. The average molecular weight is 773 g/mol. The first-order valence-electron chi connectivity index (χ1n) is 18.4. The van der Waals surface area contributed by atoms with Crippen LogP contribution in [0.4, 0.5) is 35.1 Å². The molecule has 3 aromatic rings. The van der Waals surface area contributed by atoms with Crippen LogP contribution in [-0.2, 0) is 4.74 Å². The van der Waals surface area contributed by atoms with Crippen molar-refractivity contribution in [1.82, 2.24) is 0 Å². The average Bonchev–Trinajstić information content (AvgIpc) is 3.15. The van der Waals surface area contributed by atoms with Crippen LogP contribution in [0.25, 0.3) is 11.1 Å². The number of halogens is 8. The zero-order valence-corrected chi connectivity index (χ0v) is 30.4. The van der Waals surface area contributed by atoms with Crippen molar-refractivity contribution < 1.29 is 58.9 Å². The van der Waals surface area contributed by atoms with Crippen LogP contribution in [0.1, 0.15) is 118 Å². The molecular formula is C41H48F8O5. The summed E-state index contributed by atoms with van der Waals surface area (Å²) in [6.07, 6.45) is 13.0. The predicted octanol–water partition coefficient (Wildman–Crippen LogP) is 12.8. The van der Waals surface area contributed by atoms with Crippen molar-refractivity contribution in [2.45, 2.75) is 121 Å². The molecule has 3 aromatic carbocycles. The summed E-state index contributed by atoms with van der Waals surface area (Å²) in [5.74, 6) is -20.4. The third kappa shape index (κ3) is 13.3. The van der Waals surface area contributed by atoms with Gasteiger partial charge in [-0.3, -0.25) is 0 Å². The first kappa shape index (κ1) is 44.2. The van der Waals surface area contributed by atoms with Gasteiger partial charge >= 0.3 is 36.1 Å². The summed E-state index contributed by atoms with van der Waals surface area (Å²) in [5.41, 5.74) is 1.41. The van der Waals surface area contributed by atoms with Crippen LogP contribution in [0.2, 0.25) is 0 Å². The first-order chi connectivity index (χ1) is 25.7. The summed E-state index contributed by atoms with van der Waals surface area (Å²) in [5, 5.41) is 0. The number of carbonyl (C=O) groups excluding carboxylic acids is 2. The maximum atomic E-state index is 13.7. The summed E-state index contributed by atoms with van der Waals surface area (Å²) in [4.78, 5) is 24.7. The minimum atomic E-state index is -6.50. The second kappa shape index (κ2) is 21.7. The molecule has 0 aromatic heterocycles. The van der Waals surface area contributed by atoms with E-state index in [0.29, 0.717) is 6.61 Å². The lowest BCUT2D eigenvalue weighted by atomic mass is 10.0. The maximum absolute atomic E-state index is 13.7. The number of hydrogen-bond acceptors (Lipinski definition) is 5. The SMILES string of the molecule is CCCCCCCCCCCCCCCCOc1ccc(-c2ccc(C(=O)Oc3ccc(C(=O)OCC(F)(F)C(F)(F)C(F)(F)C(F)F)cc3)cc2)cc1. The molecule has 0 N–H and O–H groups in total. The van der Waals surface area contributed by atoms with Gasteiger partial charge in [-0.1, -0.05) is 115 Å². The monoisotopic (exact) mass is 772 g/mol. The Labute approximate surface area is 311 Å². The molecule has 0 radical (unpaired) electrons. The summed E-state index contributed by atoms with van der Waals surface area (Å²) in [6.45, 7) is 0.303. The third-order valence-corrected chi connectivity index (χ3v) is 8.91. The molecule has 3 rings (SSSR count). The highest BCUT2D eigenvalue weighted by atomic mass is 19.4. The lowest BCUT2D eigenvalue weighted by Gasteiger charge is -2.31. The number of ether oxygens (including phenoxy) is 3. The highest BCUT2D eigenvalue weighted by molar-refractivity contribution is 5.92. The van der Waals surface area contributed by atoms with Crippen molar-refractivity contribution in [3.63, 3.8) is 0 Å². The number of alkyl halides is 8. The Morgan fingerprint density at radius 2 is 0.963 bits per heavy atom. The van der Waals surface area contributed by atoms with Crippen LogP contribution < -0.4 is 9.47 Å². The quantitative estimate of drug-likeness (QED) is 0.0371. The summed E-state index contributed by atoms with van der Waals surface area (Å²) >= 11 is 0. The van der Waals surface area contributed by atoms with Gasteiger partial charge in [-0.05, 0) is 66.1 Å². The second-order valence-electron chi connectivity index (χ2n) is 13.2. The summed E-state index contributed by atoms with van der Waals surface area (Å²) in [6, 6.07) is 18.1. The zero-order valence-electron chi connectivity index (χ0n) is 30.4. The topological polar surface area (TPSA) is 61.8 Å². The fourth-order valence-electron chi connectivity index (χ4n) is 5.57. The van der Waals surface area contributed by atoms with Gasteiger partial charge in [0.15, 0.2) is 6.61 Å². The summed E-state index contributed by atoms with van der Waals surface area (Å²) < 4.78 is 120. The third-order valence-electron chi connectivity index (χ3n) is 8.91. The number of benzene rings is 3. The molecule has 0 saturated heterocycles. The van der Waals surface area contributed by atoms with Crippen LogP contribution in [0.15, 0.2) is 72.8 Å². The maximum Gasteiger partial charge on any atom is 0.381 e. The predicted molar refractivity (Wildman–Crippen MR) is 190 cm³/mol. The molecule has 54 heavy (non-hydrogen) atoms. The standard InChI is InChI=1S/C41H48F8O5/c1-2-3-4-5-6-7-8-9-10-11-12-13-14-15-28-52-34-24-20-31(21-25-34)30-16-18-33(19-17-30)37(51)54-35-26-22-32(23-27-35)36(50)53-29-39(44,45)41(48,49)40(46,47)38(42)43/h16-27,38H,2-15,28-29H2,1H3. The molecule has 0 atom stereocenters. The van der Waals surface area contributed by atoms with E-state index in [1.54, 1.807) is 12.1 Å². The van der Waals surface area contributed by atoms with Crippen LogP contribution in [0.5, 0.6) is 11.5 Å². The van der Waals surface area contributed by atoms with Gasteiger partial charge in [-0.2, -0.15) is 26.3 Å². The Hall–Kier alpha value is -4.16. The van der Waals surface area contributed by atoms with Gasteiger partial charge in [-0.15, -0.1) is 0 Å². The van der Waals surface area contributed by atoms with E-state index in [1.807, 2.05) is 24.3 Å². The zero-order chi connectivity index (χ0) is 39.6. The van der Waals surface area contributed by atoms with E-state index in [0.717, 1.165) is 54.0 Å². The van der Waals surface area contributed by atoms with E-state index in [-0.39, 0.29) is 11.3 Å². The number of unbranched alkanes of at least 4 members (excludes halogenated alkanes) is 13. The smallest absolute Gasteiger partial charge is 0.381 e. The van der Waals surface area contributed by atoms with Gasteiger partial charge in [0.05, 0.1) is 17.7 Å². The molecule has 0 heterocycles. The van der Waals surface area contributed by atoms with E-state index in [9.17, 15) is 44.7 Å². The van der Waals surface area contributed by atoms with Crippen molar-refractivity contribution >= 4 is 11.9 Å². The molecule has 0 fully saturated rings. The molecule has 0 bridgehead atoms. The molecule has 5 nitrogen and oxygen atoms in total.